The van der Waals surface area contributed by atoms with Crippen molar-refractivity contribution in [2.24, 2.45) is 0 Å². The Kier molecular flexibility index (Phi) is 4.54. The summed E-state index contributed by atoms with van der Waals surface area (Å²) >= 11 is 1.13. The number of thioether (sulfide) groups is 1. The number of nitrogens with one attached hydrogen (secondary N) is 1. The standard InChI is InChI=1S/C12H15FN2O3S2/c13-8-1-2-10(14)11(5-8)19-6-12(16)15-9-3-4-20(17,18)7-9/h1-2,5,9H,3-4,6-7,14H2,(H,15,16). The van der Waals surface area contributed by atoms with E-state index in [0.717, 1.165) is 11.8 Å². The molecule has 0 aromatic heterocycles. The third-order valence-electron chi connectivity index (χ3n) is 2.93. The van der Waals surface area contributed by atoms with Crippen molar-refractivity contribution in [2.45, 2.75) is 17.4 Å². The number of halogens is 1. The minimum Gasteiger partial charge on any atom is -0.398 e. The van der Waals surface area contributed by atoms with Gasteiger partial charge in [-0.25, -0.2) is 12.8 Å². The minimum absolute atomic E-state index is 0.00842. The number of nitrogens with two attached hydrogens (primary N) is 1. The molecule has 2 rings (SSSR count). The van der Waals surface area contributed by atoms with Gasteiger partial charge in [-0.3, -0.25) is 4.79 Å². The molecule has 1 aliphatic rings. The number of benzene rings is 1. The molecule has 3 N–H and O–H groups in total. The van der Waals surface area contributed by atoms with E-state index in [1.54, 1.807) is 0 Å². The summed E-state index contributed by atoms with van der Waals surface area (Å²) in [4.78, 5) is 12.2. The number of hydrogen-bond donors (Lipinski definition) is 2. The van der Waals surface area contributed by atoms with Gasteiger partial charge in [0.05, 0.1) is 17.3 Å². The molecule has 0 radical (unpaired) electrons. The van der Waals surface area contributed by atoms with E-state index >= 15 is 0 Å². The van der Waals surface area contributed by atoms with Crippen LogP contribution in [0.5, 0.6) is 0 Å². The number of anilines is 1. The monoisotopic (exact) mass is 318 g/mol. The summed E-state index contributed by atoms with van der Waals surface area (Å²) in [5.74, 6) is -0.512. The highest BCUT2D eigenvalue weighted by molar-refractivity contribution is 8.00. The molecule has 1 fully saturated rings. The molecule has 1 aromatic carbocycles. The van der Waals surface area contributed by atoms with Crippen molar-refractivity contribution in [1.29, 1.82) is 0 Å². The van der Waals surface area contributed by atoms with Gasteiger partial charge < -0.3 is 11.1 Å². The van der Waals surface area contributed by atoms with Crippen molar-refractivity contribution in [3.8, 4) is 0 Å². The maximum absolute atomic E-state index is 13.0. The lowest BCUT2D eigenvalue weighted by molar-refractivity contribution is -0.119. The Morgan fingerprint density at radius 2 is 2.25 bits per heavy atom. The summed E-state index contributed by atoms with van der Waals surface area (Å²) in [6.07, 6.45) is 0.445. The Balaban J connectivity index is 1.85. The predicted octanol–water partition coefficient (Wildman–Crippen LogP) is 0.803. The van der Waals surface area contributed by atoms with Crippen molar-refractivity contribution >= 4 is 33.2 Å². The van der Waals surface area contributed by atoms with Crippen LogP contribution < -0.4 is 11.1 Å². The third-order valence-corrected chi connectivity index (χ3v) is 5.77. The second kappa shape index (κ2) is 6.01. The van der Waals surface area contributed by atoms with E-state index in [4.69, 9.17) is 5.73 Å². The zero-order valence-corrected chi connectivity index (χ0v) is 12.3. The highest BCUT2D eigenvalue weighted by Gasteiger charge is 2.28. The Morgan fingerprint density at radius 1 is 1.50 bits per heavy atom. The lowest BCUT2D eigenvalue weighted by Gasteiger charge is -2.11. The van der Waals surface area contributed by atoms with Crippen LogP contribution >= 0.6 is 11.8 Å². The first kappa shape index (κ1) is 15.1. The Labute approximate surface area is 121 Å². The average molecular weight is 318 g/mol. The van der Waals surface area contributed by atoms with Gasteiger partial charge in [-0.1, -0.05) is 0 Å². The number of hydrogen-bond acceptors (Lipinski definition) is 5. The summed E-state index contributed by atoms with van der Waals surface area (Å²) in [6.45, 7) is 0. The Morgan fingerprint density at radius 3 is 2.90 bits per heavy atom. The molecule has 5 nitrogen and oxygen atoms in total. The number of carbonyl (C=O) groups excluding carboxylic acids is 1. The molecule has 0 aliphatic carbocycles. The molecule has 8 heteroatoms. The Hall–Kier alpha value is -1.28. The van der Waals surface area contributed by atoms with Crippen molar-refractivity contribution in [2.75, 3.05) is 23.0 Å². The van der Waals surface area contributed by atoms with Crippen LogP contribution in [0.4, 0.5) is 10.1 Å². The lowest BCUT2D eigenvalue weighted by Crippen LogP contribution is -2.36. The van der Waals surface area contributed by atoms with Gasteiger partial charge in [-0.05, 0) is 24.6 Å². The zero-order chi connectivity index (χ0) is 14.8. The van der Waals surface area contributed by atoms with Crippen LogP contribution in [-0.2, 0) is 14.6 Å². The van der Waals surface area contributed by atoms with Crippen LogP contribution in [-0.4, -0.2) is 37.6 Å². The summed E-state index contributed by atoms with van der Waals surface area (Å²) < 4.78 is 35.6. The van der Waals surface area contributed by atoms with Gasteiger partial charge in [-0.15, -0.1) is 11.8 Å². The van der Waals surface area contributed by atoms with Crippen LogP contribution in [0.1, 0.15) is 6.42 Å². The Bertz CT molecular complexity index is 619. The fraction of sp³-hybridized carbons (Fsp3) is 0.417. The maximum Gasteiger partial charge on any atom is 0.230 e. The van der Waals surface area contributed by atoms with Crippen LogP contribution in [0.25, 0.3) is 0 Å². The van der Waals surface area contributed by atoms with E-state index in [0.29, 0.717) is 17.0 Å². The van der Waals surface area contributed by atoms with Crippen LogP contribution in [0, 0.1) is 5.82 Å². The van der Waals surface area contributed by atoms with Gasteiger partial charge in [0.25, 0.3) is 0 Å². The fourth-order valence-electron chi connectivity index (χ4n) is 1.95. The number of nitrogen functional groups attached to an aromatic ring is 1. The first-order valence-corrected chi connectivity index (χ1v) is 8.84. The van der Waals surface area contributed by atoms with E-state index in [2.05, 4.69) is 5.32 Å². The maximum atomic E-state index is 13.0. The van der Waals surface area contributed by atoms with Crippen molar-refractivity contribution in [3.63, 3.8) is 0 Å². The number of sulfone groups is 1. The second-order valence-electron chi connectivity index (χ2n) is 4.64. The summed E-state index contributed by atoms with van der Waals surface area (Å²) in [6, 6.07) is 3.65. The lowest BCUT2D eigenvalue weighted by atomic mass is 10.3. The summed E-state index contributed by atoms with van der Waals surface area (Å²) in [7, 11) is -3.01. The molecule has 1 amide bonds. The average Bonchev–Trinajstić information content (AvgIpc) is 2.70. The van der Waals surface area contributed by atoms with Crippen molar-refractivity contribution in [3.05, 3.63) is 24.0 Å². The molecule has 20 heavy (non-hydrogen) atoms. The minimum atomic E-state index is -3.01. The molecule has 1 saturated heterocycles. The van der Waals surface area contributed by atoms with Gasteiger partial charge in [0.1, 0.15) is 5.82 Å². The van der Waals surface area contributed by atoms with Gasteiger partial charge in [-0.2, -0.15) is 0 Å². The van der Waals surface area contributed by atoms with E-state index in [9.17, 15) is 17.6 Å². The number of amides is 1. The third kappa shape index (κ3) is 4.11. The van der Waals surface area contributed by atoms with Crippen LogP contribution in [0.3, 0.4) is 0 Å². The smallest absolute Gasteiger partial charge is 0.230 e. The second-order valence-corrected chi connectivity index (χ2v) is 7.88. The first-order chi connectivity index (χ1) is 9.35. The van der Waals surface area contributed by atoms with Gasteiger partial charge in [0, 0.05) is 16.6 Å². The van der Waals surface area contributed by atoms with E-state index in [1.807, 2.05) is 0 Å². The highest BCUT2D eigenvalue weighted by Crippen LogP contribution is 2.25. The largest absolute Gasteiger partial charge is 0.398 e. The number of carbonyl (C=O) groups is 1. The first-order valence-electron chi connectivity index (χ1n) is 6.03. The van der Waals surface area contributed by atoms with Crippen LogP contribution in [0.15, 0.2) is 23.1 Å². The van der Waals surface area contributed by atoms with E-state index in [-0.39, 0.29) is 29.2 Å². The molecule has 1 aliphatic heterocycles. The zero-order valence-electron chi connectivity index (χ0n) is 10.6. The highest BCUT2D eigenvalue weighted by atomic mass is 32.2. The molecule has 110 valence electrons. The SMILES string of the molecule is Nc1ccc(F)cc1SCC(=O)NC1CCS(=O)(=O)C1. The van der Waals surface area contributed by atoms with Crippen LogP contribution in [0.2, 0.25) is 0 Å². The summed E-state index contributed by atoms with van der Waals surface area (Å²) in [5.41, 5.74) is 6.09. The van der Waals surface area contributed by atoms with E-state index < -0.39 is 15.7 Å². The number of rotatable bonds is 4. The molecule has 0 saturated carbocycles. The molecular formula is C12H15FN2O3S2. The molecule has 1 atom stereocenters. The summed E-state index contributed by atoms with van der Waals surface area (Å²) in [5, 5.41) is 2.67. The normalized spacial score (nSPS) is 20.8. The molecule has 1 unspecified atom stereocenters. The van der Waals surface area contributed by atoms with Crippen molar-refractivity contribution < 1.29 is 17.6 Å². The molecular weight excluding hydrogens is 303 g/mol. The molecule has 1 heterocycles. The van der Waals surface area contributed by atoms with Gasteiger partial charge in [0.2, 0.25) is 5.91 Å². The topological polar surface area (TPSA) is 89.3 Å². The van der Waals surface area contributed by atoms with E-state index in [1.165, 1.54) is 18.2 Å². The molecule has 0 bridgehead atoms. The van der Waals surface area contributed by atoms with Gasteiger partial charge >= 0.3 is 0 Å². The van der Waals surface area contributed by atoms with Gasteiger partial charge in [0.15, 0.2) is 9.84 Å². The molecule has 0 spiro atoms. The quantitative estimate of drug-likeness (QED) is 0.633. The molecule has 1 aromatic rings. The predicted molar refractivity (Wildman–Crippen MR) is 76.7 cm³/mol. The van der Waals surface area contributed by atoms with Crippen molar-refractivity contribution in [1.82, 2.24) is 5.32 Å². The fourth-order valence-corrected chi connectivity index (χ4v) is 4.43.